The van der Waals surface area contributed by atoms with Gasteiger partial charge in [-0.1, -0.05) is 24.3 Å². The summed E-state index contributed by atoms with van der Waals surface area (Å²) in [6.07, 6.45) is -2.40. The molecule has 25 heavy (non-hydrogen) atoms. The van der Waals surface area contributed by atoms with Gasteiger partial charge in [-0.3, -0.25) is 4.98 Å². The van der Waals surface area contributed by atoms with Crippen LogP contribution in [0, 0.1) is 0 Å². The van der Waals surface area contributed by atoms with Crippen molar-refractivity contribution in [1.82, 2.24) is 4.98 Å². The predicted octanol–water partition coefficient (Wildman–Crippen LogP) is 4.13. The zero-order chi connectivity index (χ0) is 18.4. The molecule has 2 rings (SSSR count). The van der Waals surface area contributed by atoms with Crippen molar-refractivity contribution in [2.24, 2.45) is 0 Å². The lowest BCUT2D eigenvalue weighted by atomic mass is 9.98. The number of carbonyl (C=O) groups excluding carboxylic acids is 1. The molecule has 0 radical (unpaired) electrons. The molecule has 4 nitrogen and oxygen atoms in total. The van der Waals surface area contributed by atoms with Gasteiger partial charge in [0.15, 0.2) is 0 Å². The molecule has 0 amide bonds. The van der Waals surface area contributed by atoms with Crippen LogP contribution in [-0.4, -0.2) is 31.8 Å². The SMILES string of the molecule is COCCCc1ccccc1-c1cc(C(F)(F)F)c(C(=O)OC)cn1. The van der Waals surface area contributed by atoms with Crippen molar-refractivity contribution in [2.45, 2.75) is 19.0 Å². The fourth-order valence-corrected chi connectivity index (χ4v) is 2.50. The Labute approximate surface area is 143 Å². The summed E-state index contributed by atoms with van der Waals surface area (Å²) < 4.78 is 49.4. The van der Waals surface area contributed by atoms with Crippen LogP contribution in [0.1, 0.15) is 27.9 Å². The van der Waals surface area contributed by atoms with Crippen molar-refractivity contribution in [3.05, 3.63) is 53.2 Å². The summed E-state index contributed by atoms with van der Waals surface area (Å²) in [7, 11) is 2.62. The molecule has 0 aliphatic rings. The van der Waals surface area contributed by atoms with Gasteiger partial charge in [0.25, 0.3) is 0 Å². The molecule has 0 saturated carbocycles. The summed E-state index contributed by atoms with van der Waals surface area (Å²) in [4.78, 5) is 15.6. The van der Waals surface area contributed by atoms with Crippen LogP contribution >= 0.6 is 0 Å². The summed E-state index contributed by atoms with van der Waals surface area (Å²) in [5.74, 6) is -1.07. The molecule has 0 aliphatic heterocycles. The van der Waals surface area contributed by atoms with Gasteiger partial charge in [0, 0.05) is 25.5 Å². The minimum Gasteiger partial charge on any atom is -0.465 e. The molecule has 1 aromatic carbocycles. The van der Waals surface area contributed by atoms with Crippen molar-refractivity contribution in [1.29, 1.82) is 0 Å². The quantitative estimate of drug-likeness (QED) is 0.579. The van der Waals surface area contributed by atoms with Crippen LogP contribution in [0.5, 0.6) is 0 Å². The lowest BCUT2D eigenvalue weighted by Crippen LogP contribution is -2.15. The zero-order valence-corrected chi connectivity index (χ0v) is 13.9. The number of hydrogen-bond donors (Lipinski definition) is 0. The Morgan fingerprint density at radius 1 is 1.20 bits per heavy atom. The molecule has 1 aromatic heterocycles. The standard InChI is InChI=1S/C18H18F3NO3/c1-24-9-5-7-12-6-3-4-8-13(12)16-10-15(18(19,20)21)14(11-22-16)17(23)25-2/h3-4,6,8,10-11H,5,7,9H2,1-2H3. The number of hydrogen-bond acceptors (Lipinski definition) is 4. The number of carbonyl (C=O) groups is 1. The van der Waals surface area contributed by atoms with Crippen molar-refractivity contribution in [3.8, 4) is 11.3 Å². The second-order valence-electron chi connectivity index (χ2n) is 5.36. The van der Waals surface area contributed by atoms with Gasteiger partial charge in [-0.2, -0.15) is 13.2 Å². The van der Waals surface area contributed by atoms with Crippen LogP contribution < -0.4 is 0 Å². The molecule has 0 fully saturated rings. The first kappa shape index (κ1) is 18.9. The largest absolute Gasteiger partial charge is 0.465 e. The van der Waals surface area contributed by atoms with Crippen molar-refractivity contribution in [3.63, 3.8) is 0 Å². The molecule has 0 atom stereocenters. The molecule has 1 heterocycles. The van der Waals surface area contributed by atoms with E-state index in [2.05, 4.69) is 9.72 Å². The topological polar surface area (TPSA) is 48.4 Å². The minimum atomic E-state index is -4.69. The second kappa shape index (κ2) is 8.11. The van der Waals surface area contributed by atoms with Gasteiger partial charge in [0.1, 0.15) is 0 Å². The van der Waals surface area contributed by atoms with Crippen LogP contribution in [0.25, 0.3) is 11.3 Å². The Morgan fingerprint density at radius 2 is 1.92 bits per heavy atom. The number of aryl methyl sites for hydroxylation is 1. The van der Waals surface area contributed by atoms with Crippen LogP contribution in [0.4, 0.5) is 13.2 Å². The molecule has 134 valence electrons. The summed E-state index contributed by atoms with van der Waals surface area (Å²) in [6.45, 7) is 0.552. The molecule has 0 spiro atoms. The summed E-state index contributed by atoms with van der Waals surface area (Å²) in [5, 5.41) is 0. The molecule has 0 unspecified atom stereocenters. The van der Waals surface area contributed by atoms with Crippen molar-refractivity contribution in [2.75, 3.05) is 20.8 Å². The van der Waals surface area contributed by atoms with Crippen molar-refractivity contribution < 1.29 is 27.4 Å². The summed E-state index contributed by atoms with van der Waals surface area (Å²) in [5.41, 5.74) is -0.0360. The summed E-state index contributed by atoms with van der Waals surface area (Å²) in [6, 6.07) is 8.00. The number of rotatable bonds is 6. The Bertz CT molecular complexity index is 745. The van der Waals surface area contributed by atoms with E-state index in [1.54, 1.807) is 19.2 Å². The van der Waals surface area contributed by atoms with Gasteiger partial charge in [0.2, 0.25) is 0 Å². The third-order valence-corrected chi connectivity index (χ3v) is 3.70. The molecule has 0 aliphatic carbocycles. The van der Waals surface area contributed by atoms with Crippen LogP contribution in [0.2, 0.25) is 0 Å². The highest BCUT2D eigenvalue weighted by atomic mass is 19.4. The van der Waals surface area contributed by atoms with Gasteiger partial charge in [0.05, 0.1) is 23.9 Å². The van der Waals surface area contributed by atoms with Crippen LogP contribution in [-0.2, 0) is 22.1 Å². The number of ether oxygens (including phenoxy) is 2. The van der Waals surface area contributed by atoms with Crippen molar-refractivity contribution >= 4 is 5.97 Å². The van der Waals surface area contributed by atoms with E-state index < -0.39 is 23.3 Å². The maximum Gasteiger partial charge on any atom is 0.417 e. The number of methoxy groups -OCH3 is 2. The number of nitrogens with zero attached hydrogens (tertiary/aromatic N) is 1. The highest BCUT2D eigenvalue weighted by Crippen LogP contribution is 2.35. The van der Waals surface area contributed by atoms with Gasteiger partial charge in [-0.25, -0.2) is 4.79 Å². The maximum atomic E-state index is 13.3. The minimum absolute atomic E-state index is 0.160. The van der Waals surface area contributed by atoms with Gasteiger partial charge in [-0.05, 0) is 24.5 Å². The molecule has 2 aromatic rings. The number of halogens is 3. The average Bonchev–Trinajstić information content (AvgIpc) is 2.60. The zero-order valence-electron chi connectivity index (χ0n) is 13.9. The molecular formula is C18H18F3NO3. The fraction of sp³-hybridized carbons (Fsp3) is 0.333. The lowest BCUT2D eigenvalue weighted by Gasteiger charge is -2.14. The van der Waals surface area contributed by atoms with E-state index in [-0.39, 0.29) is 5.69 Å². The van der Waals surface area contributed by atoms with Gasteiger partial charge >= 0.3 is 12.1 Å². The third kappa shape index (κ3) is 4.57. The first-order chi connectivity index (χ1) is 11.9. The molecule has 0 bridgehead atoms. The van der Waals surface area contributed by atoms with E-state index in [9.17, 15) is 18.0 Å². The van der Waals surface area contributed by atoms with E-state index in [0.29, 0.717) is 18.6 Å². The maximum absolute atomic E-state index is 13.3. The number of benzene rings is 1. The number of pyridine rings is 1. The molecular weight excluding hydrogens is 335 g/mol. The van der Waals surface area contributed by atoms with Gasteiger partial charge in [-0.15, -0.1) is 0 Å². The normalized spacial score (nSPS) is 11.4. The predicted molar refractivity (Wildman–Crippen MR) is 86.2 cm³/mol. The molecule has 0 saturated heterocycles. The smallest absolute Gasteiger partial charge is 0.417 e. The van der Waals surface area contributed by atoms with E-state index >= 15 is 0 Å². The van der Waals surface area contributed by atoms with Crippen LogP contribution in [0.15, 0.2) is 36.5 Å². The number of alkyl halides is 3. The number of esters is 1. The lowest BCUT2D eigenvalue weighted by molar-refractivity contribution is -0.138. The summed E-state index contributed by atoms with van der Waals surface area (Å²) >= 11 is 0. The fourth-order valence-electron chi connectivity index (χ4n) is 2.50. The first-order valence-corrected chi connectivity index (χ1v) is 7.61. The van der Waals surface area contributed by atoms with E-state index in [4.69, 9.17) is 4.74 Å². The molecule has 0 N–H and O–H groups in total. The highest BCUT2D eigenvalue weighted by Gasteiger charge is 2.36. The van der Waals surface area contributed by atoms with Gasteiger partial charge < -0.3 is 9.47 Å². The Balaban J connectivity index is 2.49. The monoisotopic (exact) mass is 353 g/mol. The number of aromatic nitrogens is 1. The highest BCUT2D eigenvalue weighted by molar-refractivity contribution is 5.91. The Kier molecular flexibility index (Phi) is 6.14. The van der Waals surface area contributed by atoms with Crippen LogP contribution in [0.3, 0.4) is 0 Å². The second-order valence-corrected chi connectivity index (χ2v) is 5.36. The van der Waals surface area contributed by atoms with E-state index in [1.807, 2.05) is 12.1 Å². The molecule has 7 heteroatoms. The Hall–Kier alpha value is -2.41. The van der Waals surface area contributed by atoms with E-state index in [1.165, 1.54) is 0 Å². The first-order valence-electron chi connectivity index (χ1n) is 7.61. The average molecular weight is 353 g/mol. The van der Waals surface area contributed by atoms with E-state index in [0.717, 1.165) is 31.4 Å². The Morgan fingerprint density at radius 3 is 2.56 bits per heavy atom. The third-order valence-electron chi connectivity index (χ3n) is 3.70.